The Kier molecular flexibility index (Phi) is 3.37. The summed E-state index contributed by atoms with van der Waals surface area (Å²) in [6.07, 6.45) is 1.76. The fourth-order valence-electron chi connectivity index (χ4n) is 2.91. The molecule has 21 heavy (non-hydrogen) atoms. The van der Waals surface area contributed by atoms with Crippen molar-refractivity contribution in [3.8, 4) is 34.1 Å². The summed E-state index contributed by atoms with van der Waals surface area (Å²) in [4.78, 5) is 0. The summed E-state index contributed by atoms with van der Waals surface area (Å²) in [5.74, 6) is 2.21. The standard InChI is InChI=1S/C17H18O4/c1-19-12-6-11-5-4-10-7-14(18)15(20-2)9-13(10)17(11)16(8-12)21-3/h6-9,18H,4-5H2,1-3H3. The van der Waals surface area contributed by atoms with Gasteiger partial charge in [0.05, 0.1) is 21.3 Å². The molecule has 0 saturated carbocycles. The van der Waals surface area contributed by atoms with Crippen LogP contribution in [0.2, 0.25) is 0 Å². The van der Waals surface area contributed by atoms with Gasteiger partial charge in [0.15, 0.2) is 11.5 Å². The van der Waals surface area contributed by atoms with Gasteiger partial charge in [-0.15, -0.1) is 0 Å². The molecular formula is C17H18O4. The Hall–Kier alpha value is -2.36. The van der Waals surface area contributed by atoms with Crippen LogP contribution >= 0.6 is 0 Å². The lowest BCUT2D eigenvalue weighted by molar-refractivity contribution is 0.373. The summed E-state index contributed by atoms with van der Waals surface area (Å²) in [6, 6.07) is 7.58. The largest absolute Gasteiger partial charge is 0.504 e. The van der Waals surface area contributed by atoms with Gasteiger partial charge in [-0.25, -0.2) is 0 Å². The van der Waals surface area contributed by atoms with Crippen LogP contribution in [0.4, 0.5) is 0 Å². The molecule has 2 aromatic rings. The molecule has 0 fully saturated rings. The topological polar surface area (TPSA) is 47.9 Å². The Morgan fingerprint density at radius 1 is 0.810 bits per heavy atom. The third kappa shape index (κ3) is 2.17. The molecule has 0 radical (unpaired) electrons. The third-order valence-corrected chi connectivity index (χ3v) is 3.95. The van der Waals surface area contributed by atoms with E-state index in [9.17, 15) is 5.11 Å². The maximum atomic E-state index is 9.95. The van der Waals surface area contributed by atoms with Gasteiger partial charge in [-0.1, -0.05) is 0 Å². The number of ether oxygens (including phenoxy) is 3. The zero-order chi connectivity index (χ0) is 15.0. The minimum absolute atomic E-state index is 0.173. The molecule has 0 bridgehead atoms. The van der Waals surface area contributed by atoms with Crippen molar-refractivity contribution in [3.05, 3.63) is 35.4 Å². The van der Waals surface area contributed by atoms with Gasteiger partial charge in [0, 0.05) is 11.6 Å². The lowest BCUT2D eigenvalue weighted by atomic mass is 9.84. The minimum Gasteiger partial charge on any atom is -0.504 e. The molecule has 1 N–H and O–H groups in total. The molecule has 0 aliphatic heterocycles. The average Bonchev–Trinajstić information content (AvgIpc) is 2.52. The second-order valence-corrected chi connectivity index (χ2v) is 5.04. The predicted molar refractivity (Wildman–Crippen MR) is 80.6 cm³/mol. The van der Waals surface area contributed by atoms with E-state index in [2.05, 4.69) is 0 Å². The van der Waals surface area contributed by atoms with E-state index in [1.54, 1.807) is 27.4 Å². The van der Waals surface area contributed by atoms with Gasteiger partial charge < -0.3 is 19.3 Å². The lowest BCUT2D eigenvalue weighted by Crippen LogP contribution is -2.06. The summed E-state index contributed by atoms with van der Waals surface area (Å²) >= 11 is 0. The molecule has 110 valence electrons. The Labute approximate surface area is 123 Å². The lowest BCUT2D eigenvalue weighted by Gasteiger charge is -2.24. The number of benzene rings is 2. The van der Waals surface area contributed by atoms with Gasteiger partial charge in [-0.3, -0.25) is 0 Å². The highest BCUT2D eigenvalue weighted by molar-refractivity contribution is 5.81. The van der Waals surface area contributed by atoms with Crippen molar-refractivity contribution < 1.29 is 19.3 Å². The van der Waals surface area contributed by atoms with Crippen molar-refractivity contribution in [3.63, 3.8) is 0 Å². The zero-order valence-corrected chi connectivity index (χ0v) is 12.4. The molecule has 1 aliphatic carbocycles. The molecule has 0 saturated heterocycles. The van der Waals surface area contributed by atoms with E-state index >= 15 is 0 Å². The van der Waals surface area contributed by atoms with Gasteiger partial charge in [0.25, 0.3) is 0 Å². The van der Waals surface area contributed by atoms with E-state index < -0.39 is 0 Å². The first-order chi connectivity index (χ1) is 10.2. The van der Waals surface area contributed by atoms with Gasteiger partial charge >= 0.3 is 0 Å². The van der Waals surface area contributed by atoms with Crippen molar-refractivity contribution in [2.75, 3.05) is 21.3 Å². The fourth-order valence-corrected chi connectivity index (χ4v) is 2.91. The molecule has 4 nitrogen and oxygen atoms in total. The van der Waals surface area contributed by atoms with E-state index in [0.29, 0.717) is 5.75 Å². The van der Waals surface area contributed by atoms with Crippen molar-refractivity contribution in [1.82, 2.24) is 0 Å². The summed E-state index contributed by atoms with van der Waals surface area (Å²) < 4.78 is 16.1. The van der Waals surface area contributed by atoms with Crippen LogP contribution in [0.1, 0.15) is 11.1 Å². The van der Waals surface area contributed by atoms with Crippen molar-refractivity contribution in [2.45, 2.75) is 12.8 Å². The molecule has 2 aromatic carbocycles. The second-order valence-electron chi connectivity index (χ2n) is 5.04. The second kappa shape index (κ2) is 5.20. The van der Waals surface area contributed by atoms with E-state index in [1.165, 1.54) is 5.56 Å². The Balaban J connectivity index is 2.26. The minimum atomic E-state index is 0.173. The zero-order valence-electron chi connectivity index (χ0n) is 12.4. The van der Waals surface area contributed by atoms with Crippen LogP contribution in [-0.2, 0) is 12.8 Å². The molecular weight excluding hydrogens is 268 g/mol. The van der Waals surface area contributed by atoms with E-state index in [4.69, 9.17) is 14.2 Å². The van der Waals surface area contributed by atoms with Crippen LogP contribution in [0.15, 0.2) is 24.3 Å². The van der Waals surface area contributed by atoms with Crippen LogP contribution in [-0.4, -0.2) is 26.4 Å². The summed E-state index contributed by atoms with van der Waals surface area (Å²) in [6.45, 7) is 0. The summed E-state index contributed by atoms with van der Waals surface area (Å²) in [7, 11) is 4.86. The number of phenolic OH excluding ortho intramolecular Hbond substituents is 1. The highest BCUT2D eigenvalue weighted by Gasteiger charge is 2.23. The monoisotopic (exact) mass is 286 g/mol. The number of phenols is 1. The number of aryl methyl sites for hydroxylation is 2. The van der Waals surface area contributed by atoms with Crippen LogP contribution in [0, 0.1) is 0 Å². The molecule has 0 spiro atoms. The molecule has 0 unspecified atom stereocenters. The number of hydrogen-bond donors (Lipinski definition) is 1. The number of hydrogen-bond acceptors (Lipinski definition) is 4. The number of methoxy groups -OCH3 is 3. The van der Waals surface area contributed by atoms with E-state index in [0.717, 1.165) is 41.0 Å². The average molecular weight is 286 g/mol. The first-order valence-electron chi connectivity index (χ1n) is 6.83. The molecule has 0 aromatic heterocycles. The number of rotatable bonds is 3. The van der Waals surface area contributed by atoms with Gasteiger partial charge in [0.1, 0.15) is 11.5 Å². The van der Waals surface area contributed by atoms with E-state index in [1.807, 2.05) is 18.2 Å². The first-order valence-corrected chi connectivity index (χ1v) is 6.83. The molecule has 1 aliphatic rings. The van der Waals surface area contributed by atoms with Crippen LogP contribution in [0.25, 0.3) is 11.1 Å². The first kappa shape index (κ1) is 13.6. The third-order valence-electron chi connectivity index (χ3n) is 3.95. The van der Waals surface area contributed by atoms with Crippen molar-refractivity contribution >= 4 is 0 Å². The maximum absolute atomic E-state index is 9.95. The van der Waals surface area contributed by atoms with Crippen LogP contribution in [0.5, 0.6) is 23.0 Å². The molecule has 4 heteroatoms. The highest BCUT2D eigenvalue weighted by atomic mass is 16.5. The van der Waals surface area contributed by atoms with E-state index in [-0.39, 0.29) is 5.75 Å². The summed E-state index contributed by atoms with van der Waals surface area (Å²) in [5.41, 5.74) is 4.39. The Bertz CT molecular complexity index is 674. The predicted octanol–water partition coefficient (Wildman–Crippen LogP) is 3.18. The smallest absolute Gasteiger partial charge is 0.161 e. The maximum Gasteiger partial charge on any atom is 0.161 e. The summed E-state index contributed by atoms with van der Waals surface area (Å²) in [5, 5.41) is 9.95. The van der Waals surface area contributed by atoms with Gasteiger partial charge in [-0.2, -0.15) is 0 Å². The van der Waals surface area contributed by atoms with Crippen molar-refractivity contribution in [2.24, 2.45) is 0 Å². The van der Waals surface area contributed by atoms with Crippen molar-refractivity contribution in [1.29, 1.82) is 0 Å². The molecule has 0 heterocycles. The van der Waals surface area contributed by atoms with Crippen LogP contribution < -0.4 is 14.2 Å². The molecule has 3 rings (SSSR count). The highest BCUT2D eigenvalue weighted by Crippen LogP contribution is 2.45. The number of fused-ring (bicyclic) bond motifs is 3. The SMILES string of the molecule is COc1cc2c(c(OC)c1)-c1cc(OC)c(O)cc1CC2. The van der Waals surface area contributed by atoms with Crippen LogP contribution in [0.3, 0.4) is 0 Å². The Morgan fingerprint density at radius 2 is 1.52 bits per heavy atom. The molecule has 0 atom stereocenters. The number of aromatic hydroxyl groups is 1. The van der Waals surface area contributed by atoms with Gasteiger partial charge in [-0.05, 0) is 47.7 Å². The quantitative estimate of drug-likeness (QED) is 0.941. The fraction of sp³-hybridized carbons (Fsp3) is 0.294. The molecule has 0 amide bonds. The Morgan fingerprint density at radius 3 is 2.19 bits per heavy atom. The van der Waals surface area contributed by atoms with Gasteiger partial charge in [0.2, 0.25) is 0 Å². The normalized spacial score (nSPS) is 12.3.